The molecule has 0 radical (unpaired) electrons. The van der Waals surface area contributed by atoms with Crippen LogP contribution in [0.1, 0.15) is 32.6 Å². The maximum absolute atomic E-state index is 11.1. The van der Waals surface area contributed by atoms with Gasteiger partial charge in [-0.05, 0) is 26.3 Å². The fraction of sp³-hybridized carbons (Fsp3) is 0.917. The number of unbranched alkanes of at least 4 members (excludes halogenated alkanes) is 2. The number of carbonyl (C=O) groups excluding carboxylic acids is 1. The van der Waals surface area contributed by atoms with Gasteiger partial charge in [-0.3, -0.25) is 4.79 Å². The first-order valence-corrected chi connectivity index (χ1v) is 7.44. The molecule has 0 N–H and O–H groups in total. The minimum atomic E-state index is -0.0446. The summed E-state index contributed by atoms with van der Waals surface area (Å²) in [5.74, 6) is 2.52. The summed E-state index contributed by atoms with van der Waals surface area (Å²) in [4.78, 5) is 13.6. The van der Waals surface area contributed by atoms with Crippen molar-refractivity contribution in [3.05, 3.63) is 0 Å². The molecule has 0 bridgehead atoms. The average Bonchev–Trinajstić information content (AvgIpc) is 2.30. The molecule has 0 unspecified atom stereocenters. The van der Waals surface area contributed by atoms with Crippen molar-refractivity contribution in [2.75, 3.05) is 37.7 Å². The van der Waals surface area contributed by atoms with Gasteiger partial charge in [-0.15, -0.1) is 0 Å². The lowest BCUT2D eigenvalue weighted by Crippen LogP contribution is -2.33. The van der Waals surface area contributed by atoms with E-state index < -0.39 is 0 Å². The van der Waals surface area contributed by atoms with Crippen LogP contribution in [0.5, 0.6) is 0 Å². The number of carbonyl (C=O) groups is 1. The lowest BCUT2D eigenvalue weighted by atomic mass is 10.2. The van der Waals surface area contributed by atoms with Gasteiger partial charge in [0.1, 0.15) is 0 Å². The molecule has 1 rings (SSSR count). The highest BCUT2D eigenvalue weighted by molar-refractivity contribution is 7.99. The second-order valence-electron chi connectivity index (χ2n) is 4.07. The molecule has 0 aromatic heterocycles. The van der Waals surface area contributed by atoms with Gasteiger partial charge in [-0.2, -0.15) is 11.8 Å². The third-order valence-corrected chi connectivity index (χ3v) is 3.71. The topological polar surface area (TPSA) is 29.5 Å². The highest BCUT2D eigenvalue weighted by atomic mass is 32.2. The van der Waals surface area contributed by atoms with Gasteiger partial charge in [-0.25, -0.2) is 0 Å². The van der Waals surface area contributed by atoms with E-state index in [1.807, 2.05) is 18.7 Å². The van der Waals surface area contributed by atoms with E-state index in [4.69, 9.17) is 4.74 Å². The van der Waals surface area contributed by atoms with E-state index in [-0.39, 0.29) is 5.97 Å². The Labute approximate surface area is 103 Å². The summed E-state index contributed by atoms with van der Waals surface area (Å²) < 4.78 is 4.89. The Kier molecular flexibility index (Phi) is 7.68. The monoisotopic (exact) mass is 245 g/mol. The quantitative estimate of drug-likeness (QED) is 0.508. The van der Waals surface area contributed by atoms with E-state index in [1.54, 1.807) is 0 Å². The van der Waals surface area contributed by atoms with Gasteiger partial charge in [0, 0.05) is 31.0 Å². The molecule has 1 aliphatic heterocycles. The summed E-state index contributed by atoms with van der Waals surface area (Å²) in [6, 6.07) is 0. The zero-order valence-corrected chi connectivity index (χ0v) is 11.1. The van der Waals surface area contributed by atoms with E-state index in [0.29, 0.717) is 13.0 Å². The molecule has 0 amide bonds. The molecule has 0 spiro atoms. The summed E-state index contributed by atoms with van der Waals surface area (Å²) in [5, 5.41) is 0. The largest absolute Gasteiger partial charge is 0.466 e. The fourth-order valence-electron chi connectivity index (χ4n) is 1.84. The van der Waals surface area contributed by atoms with Gasteiger partial charge in [0.25, 0.3) is 0 Å². The number of thioether (sulfide) groups is 1. The number of hydrogen-bond donors (Lipinski definition) is 0. The molecule has 0 aromatic rings. The van der Waals surface area contributed by atoms with E-state index >= 15 is 0 Å². The number of ether oxygens (including phenoxy) is 1. The molecule has 0 aliphatic carbocycles. The van der Waals surface area contributed by atoms with Crippen LogP contribution in [0.15, 0.2) is 0 Å². The third kappa shape index (κ3) is 6.38. The highest BCUT2D eigenvalue weighted by Gasteiger charge is 2.09. The first-order valence-electron chi connectivity index (χ1n) is 6.28. The smallest absolute Gasteiger partial charge is 0.305 e. The molecule has 1 heterocycles. The van der Waals surface area contributed by atoms with Crippen molar-refractivity contribution in [2.24, 2.45) is 0 Å². The van der Waals surface area contributed by atoms with Gasteiger partial charge in [-0.1, -0.05) is 6.42 Å². The molecule has 1 fully saturated rings. The van der Waals surface area contributed by atoms with Crippen molar-refractivity contribution in [1.29, 1.82) is 0 Å². The summed E-state index contributed by atoms with van der Waals surface area (Å²) in [5.41, 5.74) is 0. The van der Waals surface area contributed by atoms with Gasteiger partial charge >= 0.3 is 5.97 Å². The van der Waals surface area contributed by atoms with Crippen molar-refractivity contribution in [3.8, 4) is 0 Å². The molecule has 0 aromatic carbocycles. The summed E-state index contributed by atoms with van der Waals surface area (Å²) in [6.07, 6.45) is 3.91. The molecule has 3 nitrogen and oxygen atoms in total. The predicted molar refractivity (Wildman–Crippen MR) is 68.9 cm³/mol. The van der Waals surface area contributed by atoms with Crippen LogP contribution in [0.3, 0.4) is 0 Å². The fourth-order valence-corrected chi connectivity index (χ4v) is 2.82. The zero-order valence-electron chi connectivity index (χ0n) is 10.2. The Morgan fingerprint density at radius 1 is 1.25 bits per heavy atom. The van der Waals surface area contributed by atoms with Crippen LogP contribution in [0.2, 0.25) is 0 Å². The molecule has 4 heteroatoms. The molecule has 0 saturated carbocycles. The second-order valence-corrected chi connectivity index (χ2v) is 5.29. The molecule has 16 heavy (non-hydrogen) atoms. The van der Waals surface area contributed by atoms with Crippen LogP contribution in [-0.2, 0) is 9.53 Å². The van der Waals surface area contributed by atoms with E-state index in [9.17, 15) is 4.79 Å². The van der Waals surface area contributed by atoms with Crippen molar-refractivity contribution >= 4 is 17.7 Å². The summed E-state index contributed by atoms with van der Waals surface area (Å²) in [6.45, 7) is 6.03. The molecular weight excluding hydrogens is 222 g/mol. The lowest BCUT2D eigenvalue weighted by molar-refractivity contribution is -0.143. The number of esters is 1. The zero-order chi connectivity index (χ0) is 11.6. The SMILES string of the molecule is CCOC(=O)CCCCCN1CCSCC1. The maximum Gasteiger partial charge on any atom is 0.305 e. The van der Waals surface area contributed by atoms with Crippen molar-refractivity contribution in [2.45, 2.75) is 32.6 Å². The van der Waals surface area contributed by atoms with Crippen LogP contribution < -0.4 is 0 Å². The molecule has 94 valence electrons. The lowest BCUT2D eigenvalue weighted by Gasteiger charge is -2.25. The minimum absolute atomic E-state index is 0.0446. The van der Waals surface area contributed by atoms with E-state index in [1.165, 1.54) is 37.6 Å². The Hall–Kier alpha value is -0.220. The Morgan fingerprint density at radius 2 is 2.00 bits per heavy atom. The Bertz CT molecular complexity index is 193. The molecule has 0 atom stereocenters. The molecular formula is C12H23NO2S. The normalized spacial score (nSPS) is 17.3. The average molecular weight is 245 g/mol. The van der Waals surface area contributed by atoms with Crippen LogP contribution in [-0.4, -0.2) is 48.6 Å². The predicted octanol–water partition coefficient (Wildman–Crippen LogP) is 2.16. The van der Waals surface area contributed by atoms with Crippen LogP contribution in [0.4, 0.5) is 0 Å². The van der Waals surface area contributed by atoms with E-state index in [2.05, 4.69) is 4.90 Å². The van der Waals surface area contributed by atoms with Gasteiger partial charge in [0.05, 0.1) is 6.61 Å². The van der Waals surface area contributed by atoms with Crippen LogP contribution >= 0.6 is 11.8 Å². The first kappa shape index (κ1) is 13.8. The second kappa shape index (κ2) is 8.88. The summed E-state index contributed by atoms with van der Waals surface area (Å²) >= 11 is 2.05. The number of nitrogens with zero attached hydrogens (tertiary/aromatic N) is 1. The maximum atomic E-state index is 11.1. The summed E-state index contributed by atoms with van der Waals surface area (Å²) in [7, 11) is 0. The molecule has 1 aliphatic rings. The third-order valence-electron chi connectivity index (χ3n) is 2.76. The van der Waals surface area contributed by atoms with Crippen molar-refractivity contribution in [1.82, 2.24) is 4.90 Å². The standard InChI is InChI=1S/C12H23NO2S/c1-2-15-12(14)6-4-3-5-7-13-8-10-16-11-9-13/h2-11H2,1H3. The van der Waals surface area contributed by atoms with Gasteiger partial charge in [0.2, 0.25) is 0 Å². The number of hydrogen-bond acceptors (Lipinski definition) is 4. The van der Waals surface area contributed by atoms with E-state index in [0.717, 1.165) is 12.8 Å². The Balaban J connectivity index is 1.89. The van der Waals surface area contributed by atoms with Crippen LogP contribution in [0.25, 0.3) is 0 Å². The van der Waals surface area contributed by atoms with Gasteiger partial charge < -0.3 is 9.64 Å². The minimum Gasteiger partial charge on any atom is -0.466 e. The molecule has 1 saturated heterocycles. The first-order chi connectivity index (χ1) is 7.83. The number of rotatable bonds is 7. The van der Waals surface area contributed by atoms with Crippen molar-refractivity contribution < 1.29 is 9.53 Å². The van der Waals surface area contributed by atoms with Gasteiger partial charge in [0.15, 0.2) is 0 Å². The highest BCUT2D eigenvalue weighted by Crippen LogP contribution is 2.10. The Morgan fingerprint density at radius 3 is 2.69 bits per heavy atom. The van der Waals surface area contributed by atoms with Crippen molar-refractivity contribution in [3.63, 3.8) is 0 Å². The van der Waals surface area contributed by atoms with Crippen LogP contribution in [0, 0.1) is 0 Å².